The number of rotatable bonds is 8. The molecule has 1 fully saturated rings. The van der Waals surface area contributed by atoms with Gasteiger partial charge in [0.2, 0.25) is 5.95 Å². The van der Waals surface area contributed by atoms with Crippen LogP contribution in [0.2, 0.25) is 5.02 Å². The number of aromatic nitrogens is 3. The predicted molar refractivity (Wildman–Crippen MR) is 147 cm³/mol. The Labute approximate surface area is 223 Å². The van der Waals surface area contributed by atoms with Crippen LogP contribution in [-0.4, -0.2) is 52.6 Å². The highest BCUT2D eigenvalue weighted by atomic mass is 35.5. The van der Waals surface area contributed by atoms with Gasteiger partial charge >= 0.3 is 0 Å². The Balaban J connectivity index is 1.18. The monoisotopic (exact) mass is 534 g/mol. The molecule has 0 saturated carbocycles. The quantitative estimate of drug-likeness (QED) is 0.180. The maximum absolute atomic E-state index is 14.2. The van der Waals surface area contributed by atoms with Gasteiger partial charge < -0.3 is 25.4 Å². The van der Waals surface area contributed by atoms with Crippen molar-refractivity contribution in [2.75, 3.05) is 47.3 Å². The van der Waals surface area contributed by atoms with Gasteiger partial charge in [0.25, 0.3) is 0 Å². The van der Waals surface area contributed by atoms with Crippen molar-refractivity contribution in [2.24, 2.45) is 5.10 Å². The van der Waals surface area contributed by atoms with E-state index in [1.54, 1.807) is 24.4 Å². The molecule has 10 nitrogen and oxygen atoms in total. The van der Waals surface area contributed by atoms with E-state index in [9.17, 15) is 9.50 Å². The average Bonchev–Trinajstić information content (AvgIpc) is 2.91. The van der Waals surface area contributed by atoms with Crippen molar-refractivity contribution >= 4 is 52.3 Å². The summed E-state index contributed by atoms with van der Waals surface area (Å²) in [7, 11) is 0. The summed E-state index contributed by atoms with van der Waals surface area (Å²) in [5, 5.41) is 20.8. The van der Waals surface area contributed by atoms with Gasteiger partial charge in [-0.15, -0.1) is 0 Å². The van der Waals surface area contributed by atoms with Crippen LogP contribution in [0.5, 0.6) is 5.75 Å². The lowest BCUT2D eigenvalue weighted by Gasteiger charge is -2.27. The second kappa shape index (κ2) is 11.7. The molecule has 194 valence electrons. The number of halogens is 2. The Morgan fingerprint density at radius 2 is 1.74 bits per heavy atom. The van der Waals surface area contributed by atoms with Crippen LogP contribution in [0.4, 0.5) is 38.9 Å². The molecule has 1 saturated heterocycles. The minimum Gasteiger partial charge on any atom is -0.508 e. The Morgan fingerprint density at radius 1 is 0.947 bits per heavy atom. The minimum absolute atomic E-state index is 0.0853. The molecule has 0 bridgehead atoms. The molecule has 0 unspecified atom stereocenters. The van der Waals surface area contributed by atoms with Gasteiger partial charge in [-0.1, -0.05) is 17.7 Å². The molecule has 4 N–H and O–H groups in total. The molecule has 0 aliphatic carbocycles. The average molecular weight is 535 g/mol. The van der Waals surface area contributed by atoms with Gasteiger partial charge in [0, 0.05) is 41.2 Å². The first-order valence-electron chi connectivity index (χ1n) is 11.8. The Bertz CT molecular complexity index is 1410. The third-order valence-electron chi connectivity index (χ3n) is 5.51. The van der Waals surface area contributed by atoms with Crippen molar-refractivity contribution in [3.63, 3.8) is 0 Å². The summed E-state index contributed by atoms with van der Waals surface area (Å²) in [6, 6.07) is 16.1. The van der Waals surface area contributed by atoms with E-state index in [1.807, 2.05) is 35.2 Å². The molecule has 0 amide bonds. The fraction of sp³-hybridized carbons (Fsp3) is 0.154. The second-order valence-corrected chi connectivity index (χ2v) is 8.77. The van der Waals surface area contributed by atoms with E-state index in [2.05, 4.69) is 36.1 Å². The maximum Gasteiger partial charge on any atom is 0.245 e. The largest absolute Gasteiger partial charge is 0.508 e. The lowest BCUT2D eigenvalue weighted by atomic mass is 10.2. The van der Waals surface area contributed by atoms with Crippen LogP contribution in [0.25, 0.3) is 0 Å². The smallest absolute Gasteiger partial charge is 0.245 e. The summed E-state index contributed by atoms with van der Waals surface area (Å²) in [5.41, 5.74) is 6.45. The van der Waals surface area contributed by atoms with Crippen LogP contribution >= 0.6 is 11.6 Å². The molecular formula is C26H24ClFN8O2. The molecular weight excluding hydrogens is 511 g/mol. The van der Waals surface area contributed by atoms with E-state index < -0.39 is 5.82 Å². The normalized spacial score (nSPS) is 13.5. The third kappa shape index (κ3) is 6.64. The van der Waals surface area contributed by atoms with Crippen LogP contribution in [0.15, 0.2) is 72.1 Å². The molecule has 1 aliphatic rings. The number of benzene rings is 2. The van der Waals surface area contributed by atoms with E-state index in [-0.39, 0.29) is 17.5 Å². The summed E-state index contributed by atoms with van der Waals surface area (Å²) in [4.78, 5) is 14.4. The minimum atomic E-state index is -0.490. The lowest BCUT2D eigenvalue weighted by molar-refractivity contribution is 0.122. The molecule has 5 rings (SSSR count). The number of nitrogens with zero attached hydrogens (tertiary/aromatic N) is 5. The number of hydrogen-bond donors (Lipinski definition) is 4. The number of aromatic hydroxyl groups is 1. The van der Waals surface area contributed by atoms with Crippen LogP contribution < -0.4 is 21.0 Å². The maximum atomic E-state index is 14.2. The zero-order chi connectivity index (χ0) is 26.3. The predicted octanol–water partition coefficient (Wildman–Crippen LogP) is 5.14. The molecule has 1 aliphatic heterocycles. The Hall–Kier alpha value is -4.48. The van der Waals surface area contributed by atoms with Crippen molar-refractivity contribution in [3.8, 4) is 5.75 Å². The van der Waals surface area contributed by atoms with E-state index >= 15 is 0 Å². The summed E-state index contributed by atoms with van der Waals surface area (Å²) in [5.74, 6) is 0.00168. The molecule has 0 radical (unpaired) electrons. The fourth-order valence-corrected chi connectivity index (χ4v) is 4.00. The molecule has 12 heteroatoms. The topological polar surface area (TPSA) is 120 Å². The second-order valence-electron chi connectivity index (χ2n) is 8.34. The van der Waals surface area contributed by atoms with Crippen LogP contribution in [0.1, 0.15) is 5.69 Å². The summed E-state index contributed by atoms with van der Waals surface area (Å²) in [6.45, 7) is 2.18. The molecule has 2 aromatic heterocycles. The van der Waals surface area contributed by atoms with Crippen LogP contribution in [0, 0.1) is 5.82 Å². The molecule has 4 aromatic rings. The third-order valence-corrected chi connectivity index (χ3v) is 5.72. The van der Waals surface area contributed by atoms with Gasteiger partial charge in [-0.25, -0.2) is 14.8 Å². The van der Waals surface area contributed by atoms with Crippen molar-refractivity contribution < 1.29 is 14.2 Å². The first kappa shape index (κ1) is 25.2. The summed E-state index contributed by atoms with van der Waals surface area (Å²) >= 11 is 6.01. The first-order valence-corrected chi connectivity index (χ1v) is 12.1. The summed E-state index contributed by atoms with van der Waals surface area (Å²) in [6.07, 6.45) is 4.33. The van der Waals surface area contributed by atoms with Gasteiger partial charge in [-0.05, 0) is 42.5 Å². The van der Waals surface area contributed by atoms with Gasteiger partial charge in [0.05, 0.1) is 43.2 Å². The zero-order valence-electron chi connectivity index (χ0n) is 20.1. The number of phenolic OH excluding ortho intramolecular Hbond substituents is 1. The number of hydrogen-bond acceptors (Lipinski definition) is 10. The highest BCUT2D eigenvalue weighted by Gasteiger charge is 2.17. The van der Waals surface area contributed by atoms with E-state index in [0.29, 0.717) is 42.7 Å². The number of anilines is 6. The number of ether oxygens (including phenoxy) is 1. The van der Waals surface area contributed by atoms with Gasteiger partial charge in [-0.2, -0.15) is 10.1 Å². The zero-order valence-corrected chi connectivity index (χ0v) is 20.9. The van der Waals surface area contributed by atoms with E-state index in [1.165, 1.54) is 12.3 Å². The standard InChI is InChI=1S/C26H24ClFN8O2/c27-17-10-22(13-23(37)11-17)33-19-3-1-2-18(12-19)32-21-5-4-20(29-14-21)15-31-35-26-30-16-24(28)25(34-26)36-6-8-38-9-7-36/h1-5,10-16,32-33,37H,6-9H2,(H,30,34,35)/b31-15+. The molecule has 0 spiro atoms. The molecule has 38 heavy (non-hydrogen) atoms. The highest BCUT2D eigenvalue weighted by Crippen LogP contribution is 2.27. The van der Waals surface area contributed by atoms with Gasteiger partial charge in [0.1, 0.15) is 5.75 Å². The molecule has 0 atom stereocenters. The number of nitrogens with one attached hydrogen (secondary N) is 3. The SMILES string of the molecule is Oc1cc(Cl)cc(Nc2cccc(Nc3ccc(/C=N/Nc4ncc(F)c(N5CCOCC5)n4)nc3)c2)c1. The molecule has 2 aromatic carbocycles. The van der Waals surface area contributed by atoms with Crippen LogP contribution in [0.3, 0.4) is 0 Å². The van der Waals surface area contributed by atoms with E-state index in [0.717, 1.165) is 23.3 Å². The number of morpholine rings is 1. The van der Waals surface area contributed by atoms with Crippen molar-refractivity contribution in [1.29, 1.82) is 0 Å². The molecule has 3 heterocycles. The van der Waals surface area contributed by atoms with Gasteiger partial charge in [-0.3, -0.25) is 4.98 Å². The van der Waals surface area contributed by atoms with Crippen molar-refractivity contribution in [3.05, 3.63) is 83.5 Å². The number of phenols is 1. The highest BCUT2D eigenvalue weighted by molar-refractivity contribution is 6.31. The van der Waals surface area contributed by atoms with Crippen molar-refractivity contribution in [1.82, 2.24) is 15.0 Å². The first-order chi connectivity index (χ1) is 18.5. The number of pyridine rings is 1. The van der Waals surface area contributed by atoms with Crippen LogP contribution in [-0.2, 0) is 4.74 Å². The Kier molecular flexibility index (Phi) is 7.76. The summed E-state index contributed by atoms with van der Waals surface area (Å²) < 4.78 is 19.5. The van der Waals surface area contributed by atoms with E-state index in [4.69, 9.17) is 16.3 Å². The lowest BCUT2D eigenvalue weighted by Crippen LogP contribution is -2.37. The number of hydrazone groups is 1. The Morgan fingerprint density at radius 3 is 2.47 bits per heavy atom. The van der Waals surface area contributed by atoms with Crippen molar-refractivity contribution in [2.45, 2.75) is 0 Å². The van der Waals surface area contributed by atoms with Gasteiger partial charge in [0.15, 0.2) is 11.6 Å². The fourth-order valence-electron chi connectivity index (χ4n) is 3.78.